The Bertz CT molecular complexity index is 223. The van der Waals surface area contributed by atoms with Crippen molar-refractivity contribution >= 4 is 0 Å². The highest BCUT2D eigenvalue weighted by Gasteiger charge is 2.28. The van der Waals surface area contributed by atoms with Crippen molar-refractivity contribution in [1.29, 1.82) is 0 Å². The summed E-state index contributed by atoms with van der Waals surface area (Å²) in [5, 5.41) is 13.0. The van der Waals surface area contributed by atoms with Crippen molar-refractivity contribution in [2.75, 3.05) is 26.7 Å². The average molecular weight is 242 g/mol. The fourth-order valence-corrected chi connectivity index (χ4v) is 2.78. The zero-order chi connectivity index (χ0) is 13.1. The van der Waals surface area contributed by atoms with E-state index in [4.69, 9.17) is 0 Å². The number of nitrogens with zero attached hydrogens (tertiary/aromatic N) is 1. The quantitative estimate of drug-likeness (QED) is 0.770. The number of hydrogen-bond donors (Lipinski definition) is 2. The van der Waals surface area contributed by atoms with Crippen molar-refractivity contribution in [3.63, 3.8) is 0 Å². The first-order valence-electron chi connectivity index (χ1n) is 6.92. The highest BCUT2D eigenvalue weighted by molar-refractivity contribution is 4.83. The first-order valence-corrected chi connectivity index (χ1v) is 6.92. The normalized spacial score (nSPS) is 26.1. The van der Waals surface area contributed by atoms with Gasteiger partial charge in [-0.1, -0.05) is 20.8 Å². The van der Waals surface area contributed by atoms with E-state index in [1.165, 1.54) is 6.42 Å². The van der Waals surface area contributed by atoms with Crippen molar-refractivity contribution in [1.82, 2.24) is 10.2 Å². The summed E-state index contributed by atoms with van der Waals surface area (Å²) in [6.45, 7) is 12.1. The Morgan fingerprint density at radius 3 is 2.47 bits per heavy atom. The largest absolute Gasteiger partial charge is 0.393 e. The summed E-state index contributed by atoms with van der Waals surface area (Å²) in [6, 6.07) is 0.563. The SMILES string of the molecule is CNC(CCN1CCC(C(C)O)C1)C(C)(C)C. The Morgan fingerprint density at radius 1 is 1.41 bits per heavy atom. The predicted octanol–water partition coefficient (Wildman–Crippen LogP) is 1.71. The minimum atomic E-state index is -0.150. The molecule has 3 atom stereocenters. The summed E-state index contributed by atoms with van der Waals surface area (Å²) in [4.78, 5) is 2.49. The van der Waals surface area contributed by atoms with Gasteiger partial charge in [0.2, 0.25) is 0 Å². The summed E-state index contributed by atoms with van der Waals surface area (Å²) in [7, 11) is 2.05. The molecule has 1 heterocycles. The van der Waals surface area contributed by atoms with Crippen LogP contribution >= 0.6 is 0 Å². The summed E-state index contributed by atoms with van der Waals surface area (Å²) >= 11 is 0. The van der Waals surface area contributed by atoms with Crippen LogP contribution in [0.2, 0.25) is 0 Å². The molecule has 3 heteroatoms. The summed E-state index contributed by atoms with van der Waals surface area (Å²) < 4.78 is 0. The number of likely N-dealkylation sites (tertiary alicyclic amines) is 1. The van der Waals surface area contributed by atoms with E-state index in [0.29, 0.717) is 17.4 Å². The van der Waals surface area contributed by atoms with Gasteiger partial charge in [-0.25, -0.2) is 0 Å². The number of aliphatic hydroxyl groups is 1. The topological polar surface area (TPSA) is 35.5 Å². The number of aliphatic hydroxyl groups excluding tert-OH is 1. The van der Waals surface area contributed by atoms with Gasteiger partial charge in [0, 0.05) is 12.6 Å². The van der Waals surface area contributed by atoms with E-state index >= 15 is 0 Å². The summed E-state index contributed by atoms with van der Waals surface area (Å²) in [5.74, 6) is 0.484. The highest BCUT2D eigenvalue weighted by atomic mass is 16.3. The Kier molecular flexibility index (Phi) is 5.42. The standard InChI is InChI=1S/C14H30N2O/c1-11(17)12-6-8-16(10-12)9-7-13(15-5)14(2,3)4/h11-13,15,17H,6-10H2,1-5H3. The van der Waals surface area contributed by atoms with E-state index in [2.05, 4.69) is 38.0 Å². The van der Waals surface area contributed by atoms with Crippen LogP contribution in [0.3, 0.4) is 0 Å². The van der Waals surface area contributed by atoms with Gasteiger partial charge in [0.1, 0.15) is 0 Å². The van der Waals surface area contributed by atoms with Crippen LogP contribution in [0.5, 0.6) is 0 Å². The number of hydrogen-bond acceptors (Lipinski definition) is 3. The maximum Gasteiger partial charge on any atom is 0.0552 e. The molecule has 0 radical (unpaired) electrons. The Balaban J connectivity index is 2.32. The van der Waals surface area contributed by atoms with Gasteiger partial charge in [-0.2, -0.15) is 0 Å². The molecule has 1 rings (SSSR count). The monoisotopic (exact) mass is 242 g/mol. The predicted molar refractivity (Wildman–Crippen MR) is 73.1 cm³/mol. The lowest BCUT2D eigenvalue weighted by molar-refractivity contribution is 0.126. The molecule has 0 amide bonds. The molecule has 1 aliphatic heterocycles. The second-order valence-corrected chi connectivity index (χ2v) is 6.59. The van der Waals surface area contributed by atoms with Gasteiger partial charge in [0.15, 0.2) is 0 Å². The Labute approximate surface area is 107 Å². The molecule has 102 valence electrons. The lowest BCUT2D eigenvalue weighted by Crippen LogP contribution is -2.40. The molecule has 1 fully saturated rings. The molecule has 3 unspecified atom stereocenters. The lowest BCUT2D eigenvalue weighted by atomic mass is 9.85. The molecule has 0 aliphatic carbocycles. The highest BCUT2D eigenvalue weighted by Crippen LogP contribution is 2.24. The maximum absolute atomic E-state index is 9.58. The van der Waals surface area contributed by atoms with Crippen LogP contribution in [0, 0.1) is 11.3 Å². The second-order valence-electron chi connectivity index (χ2n) is 6.59. The second kappa shape index (κ2) is 6.17. The minimum absolute atomic E-state index is 0.150. The van der Waals surface area contributed by atoms with E-state index in [0.717, 1.165) is 26.1 Å². The van der Waals surface area contributed by atoms with Gasteiger partial charge in [-0.05, 0) is 51.2 Å². The third-order valence-corrected chi connectivity index (χ3v) is 4.12. The van der Waals surface area contributed by atoms with Crippen molar-refractivity contribution in [2.45, 2.75) is 52.7 Å². The number of rotatable bonds is 5. The summed E-state index contributed by atoms with van der Waals surface area (Å²) in [5.41, 5.74) is 0.318. The fraction of sp³-hybridized carbons (Fsp3) is 1.00. The Morgan fingerprint density at radius 2 is 2.06 bits per heavy atom. The molecule has 0 aromatic rings. The molecular weight excluding hydrogens is 212 g/mol. The van der Waals surface area contributed by atoms with Gasteiger partial charge in [-0.15, -0.1) is 0 Å². The van der Waals surface area contributed by atoms with Gasteiger partial charge in [0.05, 0.1) is 6.10 Å². The van der Waals surface area contributed by atoms with E-state index in [-0.39, 0.29) is 6.10 Å². The van der Waals surface area contributed by atoms with E-state index in [9.17, 15) is 5.11 Å². The van der Waals surface area contributed by atoms with Crippen LogP contribution in [0.15, 0.2) is 0 Å². The molecule has 0 saturated carbocycles. The molecule has 2 N–H and O–H groups in total. The van der Waals surface area contributed by atoms with Crippen LogP contribution in [-0.4, -0.2) is 48.8 Å². The van der Waals surface area contributed by atoms with Crippen LogP contribution in [-0.2, 0) is 0 Å². The lowest BCUT2D eigenvalue weighted by Gasteiger charge is -2.32. The van der Waals surface area contributed by atoms with Crippen molar-refractivity contribution in [2.24, 2.45) is 11.3 Å². The van der Waals surface area contributed by atoms with Crippen molar-refractivity contribution in [3.05, 3.63) is 0 Å². The van der Waals surface area contributed by atoms with E-state index in [1.807, 2.05) is 6.92 Å². The number of nitrogens with one attached hydrogen (secondary N) is 1. The molecule has 0 spiro atoms. The average Bonchev–Trinajstić information content (AvgIpc) is 2.65. The first kappa shape index (κ1) is 14.9. The maximum atomic E-state index is 9.58. The van der Waals surface area contributed by atoms with E-state index in [1.54, 1.807) is 0 Å². The molecule has 0 bridgehead atoms. The van der Waals surface area contributed by atoms with Crippen LogP contribution in [0.25, 0.3) is 0 Å². The molecule has 1 aliphatic rings. The molecule has 0 aromatic carbocycles. The van der Waals surface area contributed by atoms with Gasteiger partial charge < -0.3 is 15.3 Å². The van der Waals surface area contributed by atoms with Crippen LogP contribution < -0.4 is 5.32 Å². The van der Waals surface area contributed by atoms with Crippen molar-refractivity contribution in [3.8, 4) is 0 Å². The molecule has 17 heavy (non-hydrogen) atoms. The molecular formula is C14H30N2O. The molecule has 3 nitrogen and oxygen atoms in total. The van der Waals surface area contributed by atoms with Crippen LogP contribution in [0.4, 0.5) is 0 Å². The van der Waals surface area contributed by atoms with Gasteiger partial charge in [0.25, 0.3) is 0 Å². The zero-order valence-corrected chi connectivity index (χ0v) is 12.2. The van der Waals surface area contributed by atoms with E-state index < -0.39 is 0 Å². The third kappa shape index (κ3) is 4.57. The smallest absolute Gasteiger partial charge is 0.0552 e. The first-order chi connectivity index (χ1) is 7.84. The van der Waals surface area contributed by atoms with Gasteiger partial charge in [-0.3, -0.25) is 0 Å². The minimum Gasteiger partial charge on any atom is -0.393 e. The third-order valence-electron chi connectivity index (χ3n) is 4.12. The van der Waals surface area contributed by atoms with Crippen molar-refractivity contribution < 1.29 is 5.11 Å². The Hall–Kier alpha value is -0.120. The zero-order valence-electron chi connectivity index (χ0n) is 12.2. The molecule has 0 aromatic heterocycles. The molecule has 1 saturated heterocycles. The fourth-order valence-electron chi connectivity index (χ4n) is 2.78. The van der Waals surface area contributed by atoms with Crippen LogP contribution in [0.1, 0.15) is 40.5 Å². The summed E-state index contributed by atoms with van der Waals surface area (Å²) in [6.07, 6.45) is 2.19. The van der Waals surface area contributed by atoms with Gasteiger partial charge >= 0.3 is 0 Å².